The molecule has 0 aliphatic carbocycles. The molecule has 1 aliphatic heterocycles. The third-order valence-corrected chi connectivity index (χ3v) is 7.42. The highest BCUT2D eigenvalue weighted by atomic mass is 32.2. The maximum absolute atomic E-state index is 12.4. The minimum atomic E-state index is -3.90. The quantitative estimate of drug-likeness (QED) is 0.250. The van der Waals surface area contributed by atoms with Crippen molar-refractivity contribution >= 4 is 27.5 Å². The molecule has 2 amide bonds. The second-order valence-corrected chi connectivity index (χ2v) is 10.3. The Morgan fingerprint density at radius 3 is 2.58 bits per heavy atom. The van der Waals surface area contributed by atoms with Crippen molar-refractivity contribution in [2.24, 2.45) is 0 Å². The summed E-state index contributed by atoms with van der Waals surface area (Å²) in [5.41, 5.74) is 2.73. The minimum Gasteiger partial charge on any atom is -0.444 e. The summed E-state index contributed by atoms with van der Waals surface area (Å²) < 4.78 is 27.6. The second-order valence-electron chi connectivity index (χ2n) is 7.84. The summed E-state index contributed by atoms with van der Waals surface area (Å²) in [7, 11) is -3.90. The van der Waals surface area contributed by atoms with Gasteiger partial charge in [-0.1, -0.05) is 11.8 Å². The Labute approximate surface area is 191 Å². The van der Waals surface area contributed by atoms with E-state index in [0.717, 1.165) is 18.2 Å². The van der Waals surface area contributed by atoms with Gasteiger partial charge in [0.15, 0.2) is 14.6 Å². The number of aryl methyl sites for hydroxylation is 1. The Bertz CT molecular complexity index is 1150. The maximum atomic E-state index is 12.4. The topological polar surface area (TPSA) is 144 Å². The van der Waals surface area contributed by atoms with E-state index in [9.17, 15) is 18.0 Å². The molecule has 1 fully saturated rings. The third kappa shape index (κ3) is 5.68. The predicted molar refractivity (Wildman–Crippen MR) is 118 cm³/mol. The number of nitrogens with one attached hydrogen (secondary N) is 1. The number of sulfone groups is 1. The lowest BCUT2D eigenvalue weighted by Gasteiger charge is -2.26. The van der Waals surface area contributed by atoms with Crippen molar-refractivity contribution in [3.63, 3.8) is 0 Å². The van der Waals surface area contributed by atoms with Crippen LogP contribution < -0.4 is 10.4 Å². The van der Waals surface area contributed by atoms with Crippen molar-refractivity contribution < 1.29 is 28.0 Å². The molecular weight excluding hydrogens is 450 g/mol. The lowest BCUT2D eigenvalue weighted by molar-refractivity contribution is -0.132. The molecule has 11 nitrogen and oxygen atoms in total. The summed E-state index contributed by atoms with van der Waals surface area (Å²) in [5.74, 6) is 5.06. The molecule has 33 heavy (non-hydrogen) atoms. The molecule has 2 N–H and O–H groups in total. The summed E-state index contributed by atoms with van der Waals surface area (Å²) in [6.07, 6.45) is 3.86. The molecular formula is C21H25N5O6S. The van der Waals surface area contributed by atoms with E-state index in [2.05, 4.69) is 22.0 Å². The smallest absolute Gasteiger partial charge is 0.414 e. The molecule has 2 aromatic rings. The van der Waals surface area contributed by atoms with Gasteiger partial charge in [0.05, 0.1) is 25.5 Å². The van der Waals surface area contributed by atoms with Gasteiger partial charge in [0.25, 0.3) is 5.91 Å². The second kappa shape index (κ2) is 10.0. The largest absolute Gasteiger partial charge is 0.444 e. The van der Waals surface area contributed by atoms with Gasteiger partial charge >= 0.3 is 6.09 Å². The number of amides is 2. The number of hydroxylamine groups is 1. The number of hydrogen-bond acceptors (Lipinski definition) is 8. The SMILES string of the molecule is C[C@@](C[C@H]1CN(c2ccc(C#CCCCn3nccn3)cc2)C(=O)O1)(C(=O)NO)S(C)(=O)=O. The van der Waals surface area contributed by atoms with Crippen molar-refractivity contribution in [2.75, 3.05) is 17.7 Å². The number of anilines is 1. The van der Waals surface area contributed by atoms with Crippen LogP contribution in [0.15, 0.2) is 36.7 Å². The number of nitrogens with zero attached hydrogens (tertiary/aromatic N) is 4. The average Bonchev–Trinajstić information content (AvgIpc) is 3.42. The first-order valence-electron chi connectivity index (χ1n) is 10.2. The van der Waals surface area contributed by atoms with Gasteiger partial charge in [-0.3, -0.25) is 14.9 Å². The average molecular weight is 476 g/mol. The molecule has 0 spiro atoms. The molecule has 1 aliphatic rings. The zero-order valence-electron chi connectivity index (χ0n) is 18.3. The summed E-state index contributed by atoms with van der Waals surface area (Å²) in [6, 6.07) is 6.99. The van der Waals surface area contributed by atoms with Crippen molar-refractivity contribution in [3.05, 3.63) is 42.2 Å². The van der Waals surface area contributed by atoms with Gasteiger partial charge in [-0.15, -0.1) is 0 Å². The number of hydrogen-bond donors (Lipinski definition) is 2. The summed E-state index contributed by atoms with van der Waals surface area (Å²) in [4.78, 5) is 27.3. The predicted octanol–water partition coefficient (Wildman–Crippen LogP) is 1.13. The van der Waals surface area contributed by atoms with Crippen LogP contribution in [0, 0.1) is 11.8 Å². The Hall–Kier alpha value is -3.43. The third-order valence-electron chi connectivity index (χ3n) is 5.43. The van der Waals surface area contributed by atoms with Gasteiger partial charge in [0.2, 0.25) is 0 Å². The zero-order valence-corrected chi connectivity index (χ0v) is 19.1. The molecule has 3 rings (SSSR count). The number of benzene rings is 1. The molecule has 1 aromatic carbocycles. The molecule has 0 bridgehead atoms. The maximum Gasteiger partial charge on any atom is 0.414 e. The Balaban J connectivity index is 1.60. The van der Waals surface area contributed by atoms with Crippen LogP contribution in [0.25, 0.3) is 0 Å². The summed E-state index contributed by atoms with van der Waals surface area (Å²) in [5, 5.41) is 17.0. The highest BCUT2D eigenvalue weighted by Crippen LogP contribution is 2.30. The van der Waals surface area contributed by atoms with Crippen LogP contribution in [0.2, 0.25) is 0 Å². The zero-order chi connectivity index (χ0) is 24.1. The fourth-order valence-electron chi connectivity index (χ4n) is 3.36. The van der Waals surface area contributed by atoms with Crippen LogP contribution in [0.5, 0.6) is 0 Å². The monoisotopic (exact) mass is 475 g/mol. The van der Waals surface area contributed by atoms with Crippen LogP contribution in [-0.4, -0.2) is 64.3 Å². The van der Waals surface area contributed by atoms with Gasteiger partial charge in [0, 0.05) is 30.3 Å². The first kappa shape index (κ1) is 24.2. The lowest BCUT2D eigenvalue weighted by Crippen LogP contribution is -2.51. The van der Waals surface area contributed by atoms with E-state index in [1.165, 1.54) is 17.3 Å². The van der Waals surface area contributed by atoms with E-state index in [1.807, 2.05) is 0 Å². The highest BCUT2D eigenvalue weighted by molar-refractivity contribution is 7.92. The fourth-order valence-corrected chi connectivity index (χ4v) is 4.23. The molecule has 2 heterocycles. The van der Waals surface area contributed by atoms with Gasteiger partial charge in [-0.05, 0) is 37.6 Å². The molecule has 1 aromatic heterocycles. The molecule has 1 saturated heterocycles. The van der Waals surface area contributed by atoms with Crippen LogP contribution in [0.1, 0.15) is 31.7 Å². The van der Waals surface area contributed by atoms with Crippen molar-refractivity contribution in [3.8, 4) is 11.8 Å². The number of carbonyl (C=O) groups is 2. The summed E-state index contributed by atoms with van der Waals surface area (Å²) >= 11 is 0. The minimum absolute atomic E-state index is 0.0646. The number of ether oxygens (including phenoxy) is 1. The van der Waals surface area contributed by atoms with E-state index in [-0.39, 0.29) is 13.0 Å². The van der Waals surface area contributed by atoms with E-state index in [1.54, 1.807) is 41.5 Å². The first-order chi connectivity index (χ1) is 15.6. The Morgan fingerprint density at radius 2 is 1.97 bits per heavy atom. The van der Waals surface area contributed by atoms with Gasteiger partial charge in [-0.25, -0.2) is 18.7 Å². The lowest BCUT2D eigenvalue weighted by atomic mass is 10.0. The highest BCUT2D eigenvalue weighted by Gasteiger charge is 2.48. The van der Waals surface area contributed by atoms with E-state index in [4.69, 9.17) is 9.94 Å². The molecule has 0 radical (unpaired) electrons. The van der Waals surface area contributed by atoms with Gasteiger partial charge in [0.1, 0.15) is 6.10 Å². The Kier molecular flexibility index (Phi) is 7.35. The normalized spacial score (nSPS) is 17.6. The van der Waals surface area contributed by atoms with Gasteiger partial charge in [-0.2, -0.15) is 15.0 Å². The number of carbonyl (C=O) groups excluding carboxylic acids is 2. The van der Waals surface area contributed by atoms with E-state index in [0.29, 0.717) is 18.7 Å². The van der Waals surface area contributed by atoms with Crippen molar-refractivity contribution in [1.82, 2.24) is 20.5 Å². The van der Waals surface area contributed by atoms with Crippen LogP contribution in [-0.2, 0) is 25.9 Å². The van der Waals surface area contributed by atoms with E-state index < -0.39 is 32.7 Å². The summed E-state index contributed by atoms with van der Waals surface area (Å²) in [6.45, 7) is 1.94. The van der Waals surface area contributed by atoms with Crippen molar-refractivity contribution in [1.29, 1.82) is 0 Å². The molecule has 2 atom stereocenters. The molecule has 0 unspecified atom stereocenters. The Morgan fingerprint density at radius 1 is 1.30 bits per heavy atom. The fraction of sp³-hybridized carbons (Fsp3) is 0.429. The van der Waals surface area contributed by atoms with Crippen LogP contribution in [0.4, 0.5) is 10.5 Å². The first-order valence-corrected chi connectivity index (χ1v) is 12.1. The standard InChI is InChI=1S/C21H25N5O6S/c1-21(19(27)24-29,33(2,30)31)14-18-15-25(20(28)32-18)17-9-7-16(8-10-17)6-4-3-5-13-26-22-11-12-23-26/h7-12,18,29H,3,5,13-15H2,1-2H3,(H,24,27)/t18-,21+/m0/s1. The number of cyclic esters (lactones) is 1. The van der Waals surface area contributed by atoms with Gasteiger partial charge < -0.3 is 4.74 Å². The van der Waals surface area contributed by atoms with Crippen molar-refractivity contribution in [2.45, 2.75) is 43.6 Å². The number of rotatable bonds is 8. The number of unbranched alkanes of at least 4 members (excludes halogenated alkanes) is 1. The number of aromatic nitrogens is 3. The molecule has 0 saturated carbocycles. The van der Waals surface area contributed by atoms with Crippen LogP contribution in [0.3, 0.4) is 0 Å². The van der Waals surface area contributed by atoms with Crippen LogP contribution >= 0.6 is 0 Å². The molecule has 176 valence electrons. The van der Waals surface area contributed by atoms with E-state index >= 15 is 0 Å². The molecule has 12 heteroatoms.